The van der Waals surface area contributed by atoms with Crippen LogP contribution in [0.2, 0.25) is 0 Å². The summed E-state index contributed by atoms with van der Waals surface area (Å²) in [4.78, 5) is 47.9. The smallest absolute Gasteiger partial charge is 0.249 e. The highest BCUT2D eigenvalue weighted by molar-refractivity contribution is 6.04. The number of para-hydroxylation sites is 1. The molecule has 5 rings (SSSR count). The Kier molecular flexibility index (Phi) is 7.47. The first-order valence-electron chi connectivity index (χ1n) is 14.0. The summed E-state index contributed by atoms with van der Waals surface area (Å²) in [5, 5.41) is 10.5. The van der Waals surface area contributed by atoms with Gasteiger partial charge in [0.15, 0.2) is 0 Å². The van der Waals surface area contributed by atoms with E-state index in [1.54, 1.807) is 14.7 Å². The highest BCUT2D eigenvalue weighted by Gasteiger charge is 2.72. The molecule has 1 unspecified atom stereocenters. The van der Waals surface area contributed by atoms with Gasteiger partial charge in [-0.2, -0.15) is 0 Å². The largest absolute Gasteiger partial charge is 0.394 e. The number of fused-ring (bicyclic) bond motifs is 2. The number of hydrogen-bond donors (Lipinski definition) is 1. The molecule has 8 heteroatoms. The predicted octanol–water partition coefficient (Wildman–Crippen LogP) is 2.78. The van der Waals surface area contributed by atoms with E-state index < -0.39 is 35.6 Å². The predicted molar refractivity (Wildman–Crippen MR) is 144 cm³/mol. The number of nitrogens with zero attached hydrogens (tertiary/aromatic N) is 3. The molecular weight excluding hydrogens is 482 g/mol. The van der Waals surface area contributed by atoms with E-state index in [9.17, 15) is 19.5 Å². The van der Waals surface area contributed by atoms with E-state index in [2.05, 4.69) is 6.92 Å². The molecule has 38 heavy (non-hydrogen) atoms. The van der Waals surface area contributed by atoms with E-state index in [4.69, 9.17) is 4.74 Å². The van der Waals surface area contributed by atoms with Crippen molar-refractivity contribution in [2.24, 2.45) is 17.8 Å². The van der Waals surface area contributed by atoms with Crippen molar-refractivity contribution >= 4 is 23.4 Å². The van der Waals surface area contributed by atoms with Crippen LogP contribution in [0.15, 0.2) is 54.6 Å². The van der Waals surface area contributed by atoms with Gasteiger partial charge in [-0.25, -0.2) is 0 Å². The van der Waals surface area contributed by atoms with Gasteiger partial charge in [0, 0.05) is 25.3 Å². The fraction of sp³-hybridized carbons (Fsp3) is 0.567. The van der Waals surface area contributed by atoms with Gasteiger partial charge in [0.25, 0.3) is 0 Å². The molecular formula is C30H39N3O5. The molecule has 2 saturated heterocycles. The average molecular weight is 522 g/mol. The van der Waals surface area contributed by atoms with Crippen LogP contribution in [0.5, 0.6) is 0 Å². The summed E-state index contributed by atoms with van der Waals surface area (Å²) in [6.45, 7) is 7.21. The Morgan fingerprint density at radius 2 is 1.82 bits per heavy atom. The summed E-state index contributed by atoms with van der Waals surface area (Å²) in [6, 6.07) is 7.96. The van der Waals surface area contributed by atoms with E-state index in [0.29, 0.717) is 19.6 Å². The lowest BCUT2D eigenvalue weighted by Gasteiger charge is -2.40. The number of anilines is 1. The van der Waals surface area contributed by atoms with E-state index in [0.717, 1.165) is 24.9 Å². The Morgan fingerprint density at radius 3 is 2.50 bits per heavy atom. The van der Waals surface area contributed by atoms with Crippen LogP contribution in [-0.2, 0) is 19.1 Å². The zero-order valence-electron chi connectivity index (χ0n) is 22.5. The molecule has 0 aromatic heterocycles. The molecule has 0 aliphatic carbocycles. The molecule has 4 heterocycles. The lowest BCUT2D eigenvalue weighted by atomic mass is 9.77. The van der Waals surface area contributed by atoms with E-state index >= 15 is 0 Å². The van der Waals surface area contributed by atoms with Gasteiger partial charge < -0.3 is 24.5 Å². The van der Waals surface area contributed by atoms with Gasteiger partial charge in [0.2, 0.25) is 17.7 Å². The maximum Gasteiger partial charge on any atom is 0.249 e. The van der Waals surface area contributed by atoms with Crippen molar-refractivity contribution < 1.29 is 24.2 Å². The third-order valence-corrected chi connectivity index (χ3v) is 8.87. The van der Waals surface area contributed by atoms with Crippen molar-refractivity contribution in [2.45, 2.75) is 63.8 Å². The number of hydrogen-bond acceptors (Lipinski definition) is 5. The summed E-state index contributed by atoms with van der Waals surface area (Å²) >= 11 is 0. The fourth-order valence-corrected chi connectivity index (χ4v) is 6.68. The van der Waals surface area contributed by atoms with Crippen LogP contribution in [0.4, 0.5) is 5.69 Å². The van der Waals surface area contributed by atoms with Crippen molar-refractivity contribution in [3.8, 4) is 0 Å². The number of rotatable bonds is 8. The summed E-state index contributed by atoms with van der Waals surface area (Å²) in [6.07, 6.45) is 9.49. The van der Waals surface area contributed by atoms with Crippen molar-refractivity contribution in [3.63, 3.8) is 0 Å². The number of likely N-dealkylation sites (tertiary alicyclic amines) is 1. The first kappa shape index (κ1) is 26.6. The van der Waals surface area contributed by atoms with Crippen molar-refractivity contribution in [2.75, 3.05) is 31.1 Å². The monoisotopic (exact) mass is 521 g/mol. The Bertz CT molecular complexity index is 1120. The second-order valence-corrected chi connectivity index (χ2v) is 11.0. The molecule has 1 aromatic carbocycles. The lowest BCUT2D eigenvalue weighted by Crippen LogP contribution is -2.59. The Hall–Kier alpha value is -2.97. The van der Waals surface area contributed by atoms with E-state index in [1.807, 2.05) is 68.5 Å². The highest BCUT2D eigenvalue weighted by atomic mass is 16.5. The number of carbonyl (C=O) groups excluding carboxylic acids is 3. The maximum absolute atomic E-state index is 14.4. The second-order valence-electron chi connectivity index (χ2n) is 11.0. The summed E-state index contributed by atoms with van der Waals surface area (Å²) < 4.78 is 6.71. The van der Waals surface area contributed by atoms with Crippen LogP contribution in [0.1, 0.15) is 40.0 Å². The maximum atomic E-state index is 14.4. The standard InChI is InChI=1S/C30H39N3O5/c1-4-6-16-31-17-11-15-30-25(28(36)33(26(30)29(31)37)22(19-34)20(3)5-2)24-23(38-30)14-10-18-32(27(24)35)21-12-8-7-9-13-21/h7-15,20,22-26,34H,4-6,16-19H2,1-3H3/t20-,22-,23-,24+,25-,26?,30-/m0/s1. The van der Waals surface area contributed by atoms with Crippen molar-refractivity contribution in [1.29, 1.82) is 0 Å². The molecule has 4 aliphatic heterocycles. The molecule has 7 atom stereocenters. The van der Waals surface area contributed by atoms with Gasteiger partial charge in [-0.1, -0.05) is 76.1 Å². The van der Waals surface area contributed by atoms with Gasteiger partial charge in [-0.3, -0.25) is 14.4 Å². The zero-order valence-corrected chi connectivity index (χ0v) is 22.5. The lowest BCUT2D eigenvalue weighted by molar-refractivity contribution is -0.151. The molecule has 1 N–H and O–H groups in total. The molecule has 3 amide bonds. The first-order valence-corrected chi connectivity index (χ1v) is 14.0. The number of carbonyl (C=O) groups is 3. The van der Waals surface area contributed by atoms with Crippen LogP contribution < -0.4 is 4.90 Å². The van der Waals surface area contributed by atoms with Crippen LogP contribution in [0.25, 0.3) is 0 Å². The molecule has 0 saturated carbocycles. The number of aliphatic hydroxyl groups excluding tert-OH is 1. The topological polar surface area (TPSA) is 90.4 Å². The Labute approximate surface area is 224 Å². The van der Waals surface area contributed by atoms with Gasteiger partial charge in [0.1, 0.15) is 11.6 Å². The van der Waals surface area contributed by atoms with E-state index in [-0.39, 0.29) is 30.2 Å². The van der Waals surface area contributed by atoms with Crippen LogP contribution in [0, 0.1) is 17.8 Å². The molecule has 0 radical (unpaired) electrons. The third kappa shape index (κ3) is 4.09. The van der Waals surface area contributed by atoms with E-state index in [1.165, 1.54) is 0 Å². The summed E-state index contributed by atoms with van der Waals surface area (Å²) in [5.74, 6) is -2.31. The quantitative estimate of drug-likeness (QED) is 0.532. The van der Waals surface area contributed by atoms with Gasteiger partial charge >= 0.3 is 0 Å². The molecule has 8 nitrogen and oxygen atoms in total. The molecule has 1 aromatic rings. The third-order valence-electron chi connectivity index (χ3n) is 8.87. The number of benzene rings is 1. The number of ether oxygens (including phenoxy) is 1. The molecule has 204 valence electrons. The summed E-state index contributed by atoms with van der Waals surface area (Å²) in [5.41, 5.74) is -0.515. The number of unbranched alkanes of at least 4 members (excludes halogenated alkanes) is 1. The van der Waals surface area contributed by atoms with Crippen LogP contribution >= 0.6 is 0 Å². The minimum atomic E-state index is -1.27. The zero-order chi connectivity index (χ0) is 27.0. The van der Waals surface area contributed by atoms with Crippen LogP contribution in [0.3, 0.4) is 0 Å². The Morgan fingerprint density at radius 1 is 1.05 bits per heavy atom. The normalized spacial score (nSPS) is 32.1. The van der Waals surface area contributed by atoms with Gasteiger partial charge in [-0.15, -0.1) is 0 Å². The highest BCUT2D eigenvalue weighted by Crippen LogP contribution is 2.54. The average Bonchev–Trinajstić information content (AvgIpc) is 3.25. The minimum absolute atomic E-state index is 0.0368. The summed E-state index contributed by atoms with van der Waals surface area (Å²) in [7, 11) is 0. The molecule has 2 fully saturated rings. The number of amides is 3. The number of aliphatic hydroxyl groups is 1. The van der Waals surface area contributed by atoms with Crippen LogP contribution in [-0.4, -0.2) is 82.7 Å². The van der Waals surface area contributed by atoms with Crippen molar-refractivity contribution in [1.82, 2.24) is 9.80 Å². The molecule has 1 spiro atoms. The Balaban J connectivity index is 1.62. The van der Waals surface area contributed by atoms with Crippen molar-refractivity contribution in [3.05, 3.63) is 54.6 Å². The SMILES string of the molecule is CCCCN1CC=C[C@]23O[C@H]4C=CCN(c5ccccc5)C(=O)[C@H]4[C@H]2C(=O)N([C@@H](CO)[C@@H](C)CC)C3C1=O. The molecule has 0 bridgehead atoms. The van der Waals surface area contributed by atoms with Gasteiger partial charge in [-0.05, 0) is 24.5 Å². The first-order chi connectivity index (χ1) is 18.4. The minimum Gasteiger partial charge on any atom is -0.394 e. The molecule has 4 aliphatic rings. The fourth-order valence-electron chi connectivity index (χ4n) is 6.68. The van der Waals surface area contributed by atoms with Gasteiger partial charge in [0.05, 0.1) is 30.6 Å². The second kappa shape index (κ2) is 10.7.